The molecule has 1 N–H and O–H groups in total. The molecular weight excluding hydrogens is 355 g/mol. The highest BCUT2D eigenvalue weighted by Crippen LogP contribution is 2.32. The maximum Gasteiger partial charge on any atom is 0.223 e. The molecule has 2 aliphatic heterocycles. The van der Waals surface area contributed by atoms with Gasteiger partial charge < -0.3 is 10.2 Å². The van der Waals surface area contributed by atoms with Gasteiger partial charge in [-0.3, -0.25) is 9.59 Å². The topological polar surface area (TPSA) is 49.4 Å². The summed E-state index contributed by atoms with van der Waals surface area (Å²) in [5.41, 5.74) is 0.428. The van der Waals surface area contributed by atoms with Gasteiger partial charge in [0.2, 0.25) is 5.91 Å². The van der Waals surface area contributed by atoms with E-state index in [4.69, 9.17) is 23.2 Å². The van der Waals surface area contributed by atoms with Gasteiger partial charge in [0.05, 0.1) is 4.34 Å². The molecule has 2 bridgehead atoms. The number of carbonyl (C=O) groups excluding carboxylic acids is 2. The number of piperidine rings is 1. The quantitative estimate of drug-likeness (QED) is 0.798. The molecule has 4 nitrogen and oxygen atoms in total. The third-order valence-electron chi connectivity index (χ3n) is 4.91. The van der Waals surface area contributed by atoms with Gasteiger partial charge in [-0.05, 0) is 31.7 Å². The number of hydrogen-bond acceptors (Lipinski definition) is 4. The fourth-order valence-corrected chi connectivity index (χ4v) is 5.11. The summed E-state index contributed by atoms with van der Waals surface area (Å²) in [6.07, 6.45) is 4.83. The summed E-state index contributed by atoms with van der Waals surface area (Å²) < 4.78 is 0.891. The lowest BCUT2D eigenvalue weighted by Crippen LogP contribution is -2.48. The number of amides is 1. The maximum atomic E-state index is 12.4. The van der Waals surface area contributed by atoms with Gasteiger partial charge in [-0.1, -0.05) is 23.2 Å². The number of hydrogen-bond donors (Lipinski definition) is 1. The molecule has 2 atom stereocenters. The third-order valence-corrected chi connectivity index (χ3v) is 6.40. The van der Waals surface area contributed by atoms with Gasteiger partial charge in [-0.2, -0.15) is 0 Å². The molecule has 7 heteroatoms. The zero-order valence-electron chi connectivity index (χ0n) is 13.0. The van der Waals surface area contributed by atoms with Crippen LogP contribution < -0.4 is 5.32 Å². The molecule has 0 spiro atoms. The molecular formula is C16H20Cl2N2O2S. The largest absolute Gasteiger partial charge is 0.343 e. The van der Waals surface area contributed by atoms with Crippen molar-refractivity contribution < 1.29 is 9.59 Å². The van der Waals surface area contributed by atoms with Crippen molar-refractivity contribution in [1.82, 2.24) is 10.2 Å². The number of Topliss-reactive ketones (excluding diaryl/α,β-unsaturated/α-hetero) is 1. The lowest BCUT2D eigenvalue weighted by atomic mass is 9.98. The maximum absolute atomic E-state index is 12.4. The molecule has 1 amide bonds. The fraction of sp³-hybridized carbons (Fsp3) is 0.625. The van der Waals surface area contributed by atoms with Crippen LogP contribution in [0.1, 0.15) is 48.9 Å². The normalized spacial score (nSPS) is 26.3. The zero-order valence-corrected chi connectivity index (χ0v) is 15.3. The highest BCUT2D eigenvalue weighted by atomic mass is 35.5. The molecule has 126 valence electrons. The molecule has 3 heterocycles. The average Bonchev–Trinajstić information content (AvgIpc) is 3.04. The smallest absolute Gasteiger partial charge is 0.223 e. The van der Waals surface area contributed by atoms with E-state index in [1.54, 1.807) is 6.07 Å². The summed E-state index contributed by atoms with van der Waals surface area (Å²) in [6, 6.07) is 2.95. The number of ketones is 1. The third kappa shape index (κ3) is 3.90. The molecule has 1 aromatic rings. The second kappa shape index (κ2) is 7.09. The second-order valence-electron chi connectivity index (χ2n) is 6.43. The number of fused-ring (bicyclic) bond motifs is 2. The molecule has 0 radical (unpaired) electrons. The van der Waals surface area contributed by atoms with Gasteiger partial charge in [-0.15, -0.1) is 11.3 Å². The molecule has 0 saturated carbocycles. The van der Waals surface area contributed by atoms with Crippen LogP contribution in [0.25, 0.3) is 0 Å². The van der Waals surface area contributed by atoms with Crippen LogP contribution in [0, 0.1) is 0 Å². The minimum absolute atomic E-state index is 0.0297. The Morgan fingerprint density at radius 2 is 1.91 bits per heavy atom. The van der Waals surface area contributed by atoms with Crippen molar-refractivity contribution in [3.63, 3.8) is 0 Å². The van der Waals surface area contributed by atoms with E-state index >= 15 is 0 Å². The number of carbonyl (C=O) groups is 2. The average molecular weight is 375 g/mol. The molecule has 2 aliphatic rings. The molecule has 2 unspecified atom stereocenters. The Morgan fingerprint density at radius 1 is 1.26 bits per heavy atom. The van der Waals surface area contributed by atoms with Crippen molar-refractivity contribution in [3.8, 4) is 0 Å². The summed E-state index contributed by atoms with van der Waals surface area (Å²) in [6.45, 7) is 0. The van der Waals surface area contributed by atoms with E-state index in [0.717, 1.165) is 12.8 Å². The first-order valence-corrected chi connectivity index (χ1v) is 9.51. The molecule has 1 aromatic heterocycles. The Kier molecular flexibility index (Phi) is 5.31. The Hall–Kier alpha value is -0.620. The molecule has 0 aromatic carbocycles. The Bertz CT molecular complexity index is 607. The van der Waals surface area contributed by atoms with E-state index in [0.29, 0.717) is 26.3 Å². The SMILES string of the molecule is CN(C(=O)CCC(=O)c1cc(Cl)sc1Cl)C1CC2CCC(C1)N2. The van der Waals surface area contributed by atoms with Gasteiger partial charge in [0, 0.05) is 43.6 Å². The van der Waals surface area contributed by atoms with Crippen LogP contribution in [0.4, 0.5) is 0 Å². The van der Waals surface area contributed by atoms with E-state index in [1.165, 1.54) is 24.2 Å². The van der Waals surface area contributed by atoms with E-state index in [2.05, 4.69) is 5.32 Å². The number of rotatable bonds is 5. The van der Waals surface area contributed by atoms with E-state index in [9.17, 15) is 9.59 Å². The van der Waals surface area contributed by atoms with Crippen molar-refractivity contribution in [3.05, 3.63) is 20.3 Å². The van der Waals surface area contributed by atoms with Crippen LogP contribution in [-0.2, 0) is 4.79 Å². The van der Waals surface area contributed by atoms with Crippen LogP contribution in [0.5, 0.6) is 0 Å². The van der Waals surface area contributed by atoms with Gasteiger partial charge in [0.1, 0.15) is 4.34 Å². The summed E-state index contributed by atoms with van der Waals surface area (Å²) in [5, 5.41) is 3.58. The van der Waals surface area contributed by atoms with E-state index in [1.807, 2.05) is 11.9 Å². The molecule has 2 fully saturated rings. The Balaban J connectivity index is 1.52. The summed E-state index contributed by atoms with van der Waals surface area (Å²) >= 11 is 13.0. The molecule has 0 aliphatic carbocycles. The molecule has 2 saturated heterocycles. The predicted molar refractivity (Wildman–Crippen MR) is 93.6 cm³/mol. The highest BCUT2D eigenvalue weighted by molar-refractivity contribution is 7.20. The second-order valence-corrected chi connectivity index (χ2v) is 8.71. The standard InChI is InChI=1S/C16H20Cl2N2O2S/c1-20(11-6-9-2-3-10(7-11)19-9)15(22)5-4-13(21)12-8-14(17)23-16(12)18/h8-11,19H,2-7H2,1H3. The molecule has 23 heavy (non-hydrogen) atoms. The summed E-state index contributed by atoms with van der Waals surface area (Å²) in [7, 11) is 1.86. The van der Waals surface area contributed by atoms with E-state index < -0.39 is 0 Å². The Labute approximate surface area is 150 Å². The van der Waals surface area contributed by atoms with Gasteiger partial charge in [-0.25, -0.2) is 0 Å². The minimum Gasteiger partial charge on any atom is -0.343 e. The van der Waals surface area contributed by atoms with Crippen molar-refractivity contribution in [2.24, 2.45) is 0 Å². The first kappa shape index (κ1) is 17.2. The predicted octanol–water partition coefficient (Wildman–Crippen LogP) is 3.76. The van der Waals surface area contributed by atoms with Crippen LogP contribution in [0.15, 0.2) is 6.07 Å². The van der Waals surface area contributed by atoms with E-state index in [-0.39, 0.29) is 30.6 Å². The van der Waals surface area contributed by atoms with Crippen molar-refractivity contribution in [1.29, 1.82) is 0 Å². The number of nitrogens with one attached hydrogen (secondary N) is 1. The lowest BCUT2D eigenvalue weighted by molar-refractivity contribution is -0.132. The van der Waals surface area contributed by atoms with Gasteiger partial charge >= 0.3 is 0 Å². The van der Waals surface area contributed by atoms with Crippen molar-refractivity contribution in [2.45, 2.75) is 56.7 Å². The summed E-state index contributed by atoms with van der Waals surface area (Å²) in [5.74, 6) is -0.0904. The van der Waals surface area contributed by atoms with Gasteiger partial charge in [0.25, 0.3) is 0 Å². The highest BCUT2D eigenvalue weighted by Gasteiger charge is 2.36. The van der Waals surface area contributed by atoms with Crippen LogP contribution in [0.3, 0.4) is 0 Å². The molecule has 3 rings (SSSR count). The van der Waals surface area contributed by atoms with Crippen molar-refractivity contribution in [2.75, 3.05) is 7.05 Å². The fourth-order valence-electron chi connectivity index (χ4n) is 3.61. The van der Waals surface area contributed by atoms with Crippen LogP contribution in [-0.4, -0.2) is 41.8 Å². The lowest BCUT2D eigenvalue weighted by Gasteiger charge is -2.35. The first-order valence-electron chi connectivity index (χ1n) is 7.93. The van der Waals surface area contributed by atoms with Crippen LogP contribution in [0.2, 0.25) is 8.67 Å². The van der Waals surface area contributed by atoms with Crippen LogP contribution >= 0.6 is 34.5 Å². The Morgan fingerprint density at radius 3 is 2.48 bits per heavy atom. The minimum atomic E-state index is -0.120. The number of nitrogens with zero attached hydrogens (tertiary/aromatic N) is 1. The number of halogens is 2. The zero-order chi connectivity index (χ0) is 16.6. The van der Waals surface area contributed by atoms with Crippen molar-refractivity contribution >= 4 is 46.2 Å². The monoisotopic (exact) mass is 374 g/mol. The van der Waals surface area contributed by atoms with Gasteiger partial charge in [0.15, 0.2) is 5.78 Å². The number of thiophene rings is 1. The summed E-state index contributed by atoms with van der Waals surface area (Å²) in [4.78, 5) is 26.4. The first-order chi connectivity index (χ1) is 10.9.